The van der Waals surface area contributed by atoms with E-state index in [-0.39, 0.29) is 36.2 Å². The number of nitrogens with zero attached hydrogens (tertiary/aromatic N) is 5. The van der Waals surface area contributed by atoms with Crippen molar-refractivity contribution < 1.29 is 14.0 Å². The van der Waals surface area contributed by atoms with Crippen LogP contribution in [0, 0.1) is 12.8 Å². The van der Waals surface area contributed by atoms with Gasteiger partial charge in [-0.15, -0.1) is 5.10 Å². The summed E-state index contributed by atoms with van der Waals surface area (Å²) in [6.07, 6.45) is 1.79. The fourth-order valence-corrected chi connectivity index (χ4v) is 3.34. The number of hydrogen-bond donors (Lipinski definition) is 1. The van der Waals surface area contributed by atoms with E-state index in [0.717, 1.165) is 11.3 Å². The maximum absolute atomic E-state index is 12.6. The molecule has 9 heteroatoms. The Morgan fingerprint density at radius 3 is 2.69 bits per heavy atom. The molecule has 1 fully saturated rings. The van der Waals surface area contributed by atoms with Gasteiger partial charge in [0, 0.05) is 30.9 Å². The van der Waals surface area contributed by atoms with E-state index in [9.17, 15) is 9.59 Å². The monoisotopic (exact) mass is 394 g/mol. The number of carbonyl (C=O) groups is 2. The SMILES string of the molecule is Cc1ccc(N2CC(C(=O)Nc3nnc(-c4ccnn4C(C)C)o3)CC2=O)cc1. The lowest BCUT2D eigenvalue weighted by Gasteiger charge is -2.16. The molecule has 4 rings (SSSR count). The number of benzene rings is 1. The van der Waals surface area contributed by atoms with Crippen LogP contribution in [0.4, 0.5) is 11.7 Å². The second-order valence-electron chi connectivity index (χ2n) is 7.40. The Morgan fingerprint density at radius 2 is 1.97 bits per heavy atom. The van der Waals surface area contributed by atoms with Gasteiger partial charge in [0.2, 0.25) is 11.8 Å². The molecule has 3 heterocycles. The number of amides is 2. The van der Waals surface area contributed by atoms with Crippen LogP contribution in [0.5, 0.6) is 0 Å². The van der Waals surface area contributed by atoms with Crippen LogP contribution in [0.1, 0.15) is 31.9 Å². The lowest BCUT2D eigenvalue weighted by atomic mass is 10.1. The highest BCUT2D eigenvalue weighted by Gasteiger charge is 2.35. The molecule has 1 saturated heterocycles. The highest BCUT2D eigenvalue weighted by Crippen LogP contribution is 2.27. The molecule has 0 saturated carbocycles. The highest BCUT2D eigenvalue weighted by molar-refractivity contribution is 6.03. The summed E-state index contributed by atoms with van der Waals surface area (Å²) in [6.45, 7) is 6.28. The van der Waals surface area contributed by atoms with Gasteiger partial charge in [-0.3, -0.25) is 19.6 Å². The molecule has 0 spiro atoms. The Morgan fingerprint density at radius 1 is 1.21 bits per heavy atom. The predicted octanol–water partition coefficient (Wildman–Crippen LogP) is 2.81. The van der Waals surface area contributed by atoms with Gasteiger partial charge in [-0.05, 0) is 39.0 Å². The van der Waals surface area contributed by atoms with E-state index in [0.29, 0.717) is 12.2 Å². The van der Waals surface area contributed by atoms with E-state index in [1.54, 1.807) is 21.8 Å². The molecule has 0 aliphatic carbocycles. The number of anilines is 2. The molecule has 9 nitrogen and oxygen atoms in total. The average molecular weight is 394 g/mol. The van der Waals surface area contributed by atoms with Gasteiger partial charge in [-0.1, -0.05) is 22.8 Å². The molecule has 1 aliphatic rings. The van der Waals surface area contributed by atoms with E-state index in [2.05, 4.69) is 20.6 Å². The standard InChI is InChI=1S/C20H22N6O3/c1-12(2)26-16(8-9-21-26)19-23-24-20(29-19)22-18(28)14-10-17(27)25(11-14)15-6-4-13(3)5-7-15/h4-9,12,14H,10-11H2,1-3H3,(H,22,24,28). The van der Waals surface area contributed by atoms with E-state index < -0.39 is 5.92 Å². The topological polar surface area (TPSA) is 106 Å². The van der Waals surface area contributed by atoms with Crippen LogP contribution in [-0.4, -0.2) is 38.3 Å². The fourth-order valence-electron chi connectivity index (χ4n) is 3.34. The lowest BCUT2D eigenvalue weighted by molar-refractivity contribution is -0.122. The van der Waals surface area contributed by atoms with Crippen LogP contribution in [0.2, 0.25) is 0 Å². The minimum atomic E-state index is -0.486. The third kappa shape index (κ3) is 3.75. The maximum Gasteiger partial charge on any atom is 0.322 e. The summed E-state index contributed by atoms with van der Waals surface area (Å²) in [7, 11) is 0. The van der Waals surface area contributed by atoms with Crippen molar-refractivity contribution in [2.45, 2.75) is 33.2 Å². The summed E-state index contributed by atoms with van der Waals surface area (Å²) in [5, 5.41) is 14.8. The normalized spacial score (nSPS) is 16.6. The van der Waals surface area contributed by atoms with E-state index in [1.807, 2.05) is 45.0 Å². The smallest absolute Gasteiger partial charge is 0.322 e. The Hall–Kier alpha value is -3.49. The summed E-state index contributed by atoms with van der Waals surface area (Å²) < 4.78 is 7.35. The Labute approximate surface area is 167 Å². The van der Waals surface area contributed by atoms with Crippen molar-refractivity contribution in [1.29, 1.82) is 0 Å². The zero-order valence-electron chi connectivity index (χ0n) is 16.5. The van der Waals surface area contributed by atoms with Gasteiger partial charge in [-0.25, -0.2) is 0 Å². The molecule has 29 heavy (non-hydrogen) atoms. The first-order valence-corrected chi connectivity index (χ1v) is 9.47. The Bertz CT molecular complexity index is 1040. The highest BCUT2D eigenvalue weighted by atomic mass is 16.4. The molecule has 0 radical (unpaired) electrons. The summed E-state index contributed by atoms with van der Waals surface area (Å²) in [6, 6.07) is 9.56. The summed E-state index contributed by atoms with van der Waals surface area (Å²) >= 11 is 0. The third-order valence-corrected chi connectivity index (χ3v) is 4.88. The number of hydrogen-bond acceptors (Lipinski definition) is 6. The number of carbonyl (C=O) groups excluding carboxylic acids is 2. The Kier molecular flexibility index (Phi) is 4.87. The van der Waals surface area contributed by atoms with Crippen molar-refractivity contribution in [2.75, 3.05) is 16.8 Å². The van der Waals surface area contributed by atoms with Crippen molar-refractivity contribution in [3.8, 4) is 11.6 Å². The fraction of sp³-hybridized carbons (Fsp3) is 0.350. The first-order valence-electron chi connectivity index (χ1n) is 9.47. The van der Waals surface area contributed by atoms with Crippen LogP contribution in [-0.2, 0) is 9.59 Å². The lowest BCUT2D eigenvalue weighted by Crippen LogP contribution is -2.28. The van der Waals surface area contributed by atoms with Crippen LogP contribution in [0.15, 0.2) is 40.9 Å². The quantitative estimate of drug-likeness (QED) is 0.713. The van der Waals surface area contributed by atoms with E-state index in [4.69, 9.17) is 4.42 Å². The largest absolute Gasteiger partial charge is 0.401 e. The molecule has 1 atom stereocenters. The van der Waals surface area contributed by atoms with Crippen LogP contribution in [0.3, 0.4) is 0 Å². The summed E-state index contributed by atoms with van der Waals surface area (Å²) in [5.74, 6) is -0.614. The molecule has 1 N–H and O–H groups in total. The van der Waals surface area contributed by atoms with Crippen molar-refractivity contribution in [3.63, 3.8) is 0 Å². The van der Waals surface area contributed by atoms with Crippen LogP contribution >= 0.6 is 0 Å². The van der Waals surface area contributed by atoms with Gasteiger partial charge in [-0.2, -0.15) is 5.10 Å². The first kappa shape index (κ1) is 18.9. The predicted molar refractivity (Wildman–Crippen MR) is 106 cm³/mol. The number of rotatable bonds is 5. The van der Waals surface area contributed by atoms with E-state index >= 15 is 0 Å². The average Bonchev–Trinajstić information content (AvgIpc) is 3.41. The van der Waals surface area contributed by atoms with E-state index in [1.165, 1.54) is 0 Å². The van der Waals surface area contributed by atoms with Gasteiger partial charge in [0.15, 0.2) is 0 Å². The maximum atomic E-state index is 12.6. The third-order valence-electron chi connectivity index (χ3n) is 4.88. The van der Waals surface area contributed by atoms with Crippen molar-refractivity contribution in [3.05, 3.63) is 42.1 Å². The Balaban J connectivity index is 1.44. The second-order valence-corrected chi connectivity index (χ2v) is 7.40. The molecule has 2 aromatic heterocycles. The minimum absolute atomic E-state index is 0.00254. The molecule has 0 bridgehead atoms. The van der Waals surface area contributed by atoms with Gasteiger partial charge in [0.25, 0.3) is 5.89 Å². The number of aromatic nitrogens is 4. The van der Waals surface area contributed by atoms with Crippen molar-refractivity contribution in [1.82, 2.24) is 20.0 Å². The minimum Gasteiger partial charge on any atom is -0.401 e. The number of nitrogens with one attached hydrogen (secondary N) is 1. The molecule has 150 valence electrons. The molecule has 1 aliphatic heterocycles. The van der Waals surface area contributed by atoms with Crippen molar-refractivity contribution in [2.24, 2.45) is 5.92 Å². The van der Waals surface area contributed by atoms with Crippen LogP contribution < -0.4 is 10.2 Å². The zero-order chi connectivity index (χ0) is 20.5. The van der Waals surface area contributed by atoms with Gasteiger partial charge in [0.1, 0.15) is 5.69 Å². The molecular formula is C20H22N6O3. The van der Waals surface area contributed by atoms with Gasteiger partial charge >= 0.3 is 6.01 Å². The second kappa shape index (κ2) is 7.50. The molecule has 1 unspecified atom stereocenters. The van der Waals surface area contributed by atoms with Gasteiger partial charge < -0.3 is 9.32 Å². The molecule has 1 aromatic carbocycles. The zero-order valence-corrected chi connectivity index (χ0v) is 16.5. The molecular weight excluding hydrogens is 372 g/mol. The molecule has 2 amide bonds. The molecule has 3 aromatic rings. The summed E-state index contributed by atoms with van der Waals surface area (Å²) in [4.78, 5) is 26.6. The number of aryl methyl sites for hydroxylation is 1. The summed E-state index contributed by atoms with van der Waals surface area (Å²) in [5.41, 5.74) is 2.58. The van der Waals surface area contributed by atoms with Gasteiger partial charge in [0.05, 0.1) is 5.92 Å². The van der Waals surface area contributed by atoms with Crippen LogP contribution in [0.25, 0.3) is 11.6 Å². The first-order chi connectivity index (χ1) is 13.9. The van der Waals surface area contributed by atoms with Crippen molar-refractivity contribution >= 4 is 23.5 Å².